The fraction of sp³-hybridized carbons (Fsp3) is 0.250. The highest BCUT2D eigenvalue weighted by atomic mass is 16.5. The first kappa shape index (κ1) is 20.4. The van der Waals surface area contributed by atoms with E-state index in [1.165, 1.54) is 0 Å². The summed E-state index contributed by atoms with van der Waals surface area (Å²) in [5, 5.41) is 5.01. The summed E-state index contributed by atoms with van der Waals surface area (Å²) in [6.07, 6.45) is 1.05. The third kappa shape index (κ3) is 5.13. The summed E-state index contributed by atoms with van der Waals surface area (Å²) in [5.74, 6) is 0.289. The Morgan fingerprint density at radius 1 is 0.966 bits per heavy atom. The highest BCUT2D eigenvalue weighted by molar-refractivity contribution is 5.96. The number of nitrogens with zero attached hydrogens (tertiary/aromatic N) is 1. The van der Waals surface area contributed by atoms with Crippen LogP contribution in [0, 0.1) is 0 Å². The molecule has 5 heteroatoms. The number of amides is 2. The van der Waals surface area contributed by atoms with E-state index in [4.69, 9.17) is 4.74 Å². The quantitative estimate of drug-likeness (QED) is 0.625. The van der Waals surface area contributed by atoms with E-state index >= 15 is 0 Å². The number of methoxy groups -OCH3 is 1. The van der Waals surface area contributed by atoms with Crippen LogP contribution in [0.3, 0.4) is 0 Å². The molecule has 29 heavy (non-hydrogen) atoms. The van der Waals surface area contributed by atoms with Crippen molar-refractivity contribution in [1.82, 2.24) is 4.90 Å². The Hall–Kier alpha value is -3.34. The van der Waals surface area contributed by atoms with Gasteiger partial charge in [-0.15, -0.1) is 0 Å². The van der Waals surface area contributed by atoms with Crippen molar-refractivity contribution >= 4 is 28.3 Å². The number of rotatable bonds is 8. The summed E-state index contributed by atoms with van der Waals surface area (Å²) in [6.45, 7) is 2.54. The Bertz CT molecular complexity index is 995. The van der Waals surface area contributed by atoms with Crippen LogP contribution in [-0.4, -0.2) is 36.9 Å². The van der Waals surface area contributed by atoms with E-state index in [-0.39, 0.29) is 24.8 Å². The molecule has 0 saturated carbocycles. The van der Waals surface area contributed by atoms with Gasteiger partial charge in [-0.05, 0) is 34.9 Å². The van der Waals surface area contributed by atoms with Gasteiger partial charge in [0.05, 0.1) is 25.8 Å². The van der Waals surface area contributed by atoms with Crippen LogP contribution in [0.15, 0.2) is 66.7 Å². The predicted octanol–water partition coefficient (Wildman–Crippen LogP) is 4.27. The smallest absolute Gasteiger partial charge is 0.244 e. The monoisotopic (exact) mass is 390 g/mol. The summed E-state index contributed by atoms with van der Waals surface area (Å²) in [4.78, 5) is 27.2. The highest BCUT2D eigenvalue weighted by Crippen LogP contribution is 2.23. The van der Waals surface area contributed by atoms with Gasteiger partial charge in [0.1, 0.15) is 5.75 Å². The second kappa shape index (κ2) is 9.73. The Morgan fingerprint density at radius 3 is 2.48 bits per heavy atom. The molecule has 2 amide bonds. The van der Waals surface area contributed by atoms with Gasteiger partial charge in [0.2, 0.25) is 11.8 Å². The van der Waals surface area contributed by atoms with Crippen LogP contribution in [0.1, 0.15) is 18.9 Å². The number of para-hydroxylation sites is 2. The number of carbonyl (C=O) groups is 2. The molecule has 0 aromatic heterocycles. The van der Waals surface area contributed by atoms with E-state index in [0.29, 0.717) is 18.0 Å². The molecule has 1 N–H and O–H groups in total. The van der Waals surface area contributed by atoms with Gasteiger partial charge < -0.3 is 15.0 Å². The molecule has 0 bridgehead atoms. The van der Waals surface area contributed by atoms with Crippen molar-refractivity contribution in [2.75, 3.05) is 25.5 Å². The van der Waals surface area contributed by atoms with E-state index in [1.54, 1.807) is 24.1 Å². The highest BCUT2D eigenvalue weighted by Gasteiger charge is 2.18. The van der Waals surface area contributed by atoms with Gasteiger partial charge in [-0.3, -0.25) is 9.59 Å². The minimum absolute atomic E-state index is 0.00941. The summed E-state index contributed by atoms with van der Waals surface area (Å²) >= 11 is 0. The average molecular weight is 390 g/mol. The maximum absolute atomic E-state index is 13.0. The molecular formula is C24H26N2O3. The van der Waals surface area contributed by atoms with Crippen molar-refractivity contribution in [2.24, 2.45) is 0 Å². The molecule has 0 unspecified atom stereocenters. The fourth-order valence-electron chi connectivity index (χ4n) is 3.39. The molecular weight excluding hydrogens is 364 g/mol. The second-order valence-corrected chi connectivity index (χ2v) is 6.88. The van der Waals surface area contributed by atoms with Gasteiger partial charge in [-0.1, -0.05) is 61.5 Å². The number of carbonyl (C=O) groups excluding carboxylic acids is 2. The molecule has 3 aromatic carbocycles. The van der Waals surface area contributed by atoms with Crippen molar-refractivity contribution in [3.8, 4) is 5.75 Å². The lowest BCUT2D eigenvalue weighted by Crippen LogP contribution is -2.39. The number of ether oxygens (including phenoxy) is 1. The summed E-state index contributed by atoms with van der Waals surface area (Å²) in [5.41, 5.74) is 1.57. The van der Waals surface area contributed by atoms with Gasteiger partial charge in [-0.25, -0.2) is 0 Å². The fourth-order valence-corrected chi connectivity index (χ4v) is 3.39. The Kier molecular flexibility index (Phi) is 6.85. The molecule has 3 rings (SSSR count). The summed E-state index contributed by atoms with van der Waals surface area (Å²) < 4.78 is 5.27. The third-order valence-corrected chi connectivity index (χ3v) is 4.78. The Morgan fingerprint density at radius 2 is 1.69 bits per heavy atom. The number of anilines is 1. The Balaban J connectivity index is 1.71. The van der Waals surface area contributed by atoms with Crippen LogP contribution in [0.5, 0.6) is 5.75 Å². The first-order valence-corrected chi connectivity index (χ1v) is 9.79. The first-order chi connectivity index (χ1) is 14.1. The van der Waals surface area contributed by atoms with E-state index < -0.39 is 0 Å². The topological polar surface area (TPSA) is 58.6 Å². The maximum atomic E-state index is 13.0. The minimum atomic E-state index is -0.241. The van der Waals surface area contributed by atoms with Gasteiger partial charge in [0, 0.05) is 6.54 Å². The molecule has 5 nitrogen and oxygen atoms in total. The molecule has 0 atom stereocenters. The molecule has 0 saturated heterocycles. The van der Waals surface area contributed by atoms with Crippen molar-refractivity contribution in [1.29, 1.82) is 0 Å². The SMILES string of the molecule is CCCN(CC(=O)Nc1ccccc1OC)C(=O)Cc1cccc2ccccc12. The lowest BCUT2D eigenvalue weighted by atomic mass is 10.0. The maximum Gasteiger partial charge on any atom is 0.244 e. The average Bonchev–Trinajstić information content (AvgIpc) is 2.74. The molecule has 0 spiro atoms. The Labute approximate surface area is 171 Å². The van der Waals surface area contributed by atoms with Crippen LogP contribution in [0.25, 0.3) is 10.8 Å². The molecule has 0 fully saturated rings. The van der Waals surface area contributed by atoms with E-state index in [1.807, 2.05) is 61.5 Å². The largest absolute Gasteiger partial charge is 0.495 e. The standard InChI is InChI=1S/C24H26N2O3/c1-3-15-26(17-23(27)25-21-13-6-7-14-22(21)29-2)24(28)16-19-11-8-10-18-9-4-5-12-20(18)19/h4-14H,3,15-17H2,1-2H3,(H,25,27). The zero-order valence-corrected chi connectivity index (χ0v) is 16.9. The molecule has 0 aliphatic rings. The van der Waals surface area contributed by atoms with Crippen LogP contribution >= 0.6 is 0 Å². The minimum Gasteiger partial charge on any atom is -0.495 e. The van der Waals surface area contributed by atoms with Gasteiger partial charge in [0.25, 0.3) is 0 Å². The lowest BCUT2D eigenvalue weighted by Gasteiger charge is -2.22. The summed E-state index contributed by atoms with van der Waals surface area (Å²) in [7, 11) is 1.56. The second-order valence-electron chi connectivity index (χ2n) is 6.88. The number of hydrogen-bond donors (Lipinski definition) is 1. The van der Waals surface area contributed by atoms with Crippen LogP contribution in [0.4, 0.5) is 5.69 Å². The zero-order valence-electron chi connectivity index (χ0n) is 16.9. The van der Waals surface area contributed by atoms with E-state index in [9.17, 15) is 9.59 Å². The van der Waals surface area contributed by atoms with E-state index in [2.05, 4.69) is 5.32 Å². The van der Waals surface area contributed by atoms with Crippen LogP contribution in [0.2, 0.25) is 0 Å². The normalized spacial score (nSPS) is 10.6. The molecule has 150 valence electrons. The van der Waals surface area contributed by atoms with Crippen molar-refractivity contribution < 1.29 is 14.3 Å². The lowest BCUT2D eigenvalue weighted by molar-refractivity contribution is -0.134. The number of hydrogen-bond acceptors (Lipinski definition) is 3. The van der Waals surface area contributed by atoms with Gasteiger partial charge >= 0.3 is 0 Å². The third-order valence-electron chi connectivity index (χ3n) is 4.78. The number of nitrogens with one attached hydrogen (secondary N) is 1. The summed E-state index contributed by atoms with van der Waals surface area (Å²) in [6, 6.07) is 21.2. The first-order valence-electron chi connectivity index (χ1n) is 9.79. The van der Waals surface area contributed by atoms with Gasteiger partial charge in [0.15, 0.2) is 0 Å². The van der Waals surface area contributed by atoms with Gasteiger partial charge in [-0.2, -0.15) is 0 Å². The number of benzene rings is 3. The molecule has 3 aromatic rings. The van der Waals surface area contributed by atoms with E-state index in [0.717, 1.165) is 22.8 Å². The van der Waals surface area contributed by atoms with Crippen molar-refractivity contribution in [3.63, 3.8) is 0 Å². The predicted molar refractivity (Wildman–Crippen MR) is 116 cm³/mol. The molecule has 0 heterocycles. The molecule has 0 radical (unpaired) electrons. The van der Waals surface area contributed by atoms with Crippen molar-refractivity contribution in [2.45, 2.75) is 19.8 Å². The van der Waals surface area contributed by atoms with Crippen LogP contribution in [-0.2, 0) is 16.0 Å². The van der Waals surface area contributed by atoms with Crippen molar-refractivity contribution in [3.05, 3.63) is 72.3 Å². The van der Waals surface area contributed by atoms with Crippen LogP contribution < -0.4 is 10.1 Å². The molecule has 0 aliphatic carbocycles. The molecule has 0 aliphatic heterocycles. The number of fused-ring (bicyclic) bond motifs is 1. The zero-order chi connectivity index (χ0) is 20.6.